The lowest BCUT2D eigenvalue weighted by atomic mass is 10.0. The monoisotopic (exact) mass is 212 g/mol. The maximum atomic E-state index is 13.0. The Hall–Kier alpha value is -1.96. The van der Waals surface area contributed by atoms with Crippen molar-refractivity contribution in [1.29, 1.82) is 0 Å². The molecule has 0 aliphatic rings. The zero-order valence-electron chi connectivity index (χ0n) is 8.22. The molecule has 3 aromatic rings. The van der Waals surface area contributed by atoms with Crippen molar-refractivity contribution in [2.75, 3.05) is 0 Å². The van der Waals surface area contributed by atoms with E-state index in [1.807, 2.05) is 0 Å². The molecule has 3 aromatic carbocycles. The van der Waals surface area contributed by atoms with Gasteiger partial charge in [-0.05, 0) is 39.7 Å². The van der Waals surface area contributed by atoms with Gasteiger partial charge in [0, 0.05) is 12.1 Å². The van der Waals surface area contributed by atoms with Crippen LogP contribution in [0.25, 0.3) is 21.5 Å². The summed E-state index contributed by atoms with van der Waals surface area (Å²) in [5.41, 5.74) is 0. The first kappa shape index (κ1) is 9.28. The third-order valence-electron chi connectivity index (χ3n) is 2.61. The van der Waals surface area contributed by atoms with E-state index in [4.69, 9.17) is 0 Å². The first-order chi connectivity index (χ1) is 7.74. The smallest absolute Gasteiger partial charge is 0.131 e. The summed E-state index contributed by atoms with van der Waals surface area (Å²) in [6, 6.07) is 14.6. The van der Waals surface area contributed by atoms with Gasteiger partial charge in [0.25, 0.3) is 0 Å². The minimum Gasteiger partial charge on any atom is -0.206 e. The fourth-order valence-corrected chi connectivity index (χ4v) is 1.87. The van der Waals surface area contributed by atoms with Crippen LogP contribution in [0.2, 0.25) is 0 Å². The van der Waals surface area contributed by atoms with E-state index >= 15 is 0 Å². The molecule has 0 bridgehead atoms. The predicted molar refractivity (Wildman–Crippen MR) is 59.0 cm³/mol. The topological polar surface area (TPSA) is 0 Å². The van der Waals surface area contributed by atoms with E-state index in [1.54, 1.807) is 24.3 Å². The van der Waals surface area contributed by atoms with Gasteiger partial charge in [-0.15, -0.1) is 0 Å². The Bertz CT molecular complexity index is 626. The van der Waals surface area contributed by atoms with Gasteiger partial charge < -0.3 is 0 Å². The number of hydrogen-bond donors (Lipinski definition) is 0. The highest BCUT2D eigenvalue weighted by Crippen LogP contribution is 2.25. The SMILES string of the molecule is Fc1[c]c2ccc3cc(F)[c]cc3c2cc1. The van der Waals surface area contributed by atoms with Crippen LogP contribution in [0.5, 0.6) is 0 Å². The third kappa shape index (κ3) is 1.34. The zero-order valence-corrected chi connectivity index (χ0v) is 8.22. The van der Waals surface area contributed by atoms with Crippen molar-refractivity contribution in [3.8, 4) is 0 Å². The largest absolute Gasteiger partial charge is 0.206 e. The number of hydrogen-bond acceptors (Lipinski definition) is 0. The standard InChI is InChI=1S/C14H6F2/c15-11-3-5-13-9(7-11)1-2-10-8-12(16)4-6-14(10)13/h1-3,5-6,8H. The zero-order chi connectivity index (χ0) is 11.1. The number of rotatable bonds is 0. The molecule has 0 aliphatic carbocycles. The van der Waals surface area contributed by atoms with E-state index in [0.29, 0.717) is 5.39 Å². The van der Waals surface area contributed by atoms with Gasteiger partial charge in [0.05, 0.1) is 0 Å². The van der Waals surface area contributed by atoms with E-state index in [-0.39, 0.29) is 0 Å². The van der Waals surface area contributed by atoms with Gasteiger partial charge in [-0.3, -0.25) is 0 Å². The maximum Gasteiger partial charge on any atom is 0.131 e. The third-order valence-corrected chi connectivity index (χ3v) is 2.61. The van der Waals surface area contributed by atoms with Crippen molar-refractivity contribution < 1.29 is 8.78 Å². The average molecular weight is 212 g/mol. The highest BCUT2D eigenvalue weighted by molar-refractivity contribution is 6.07. The van der Waals surface area contributed by atoms with Crippen molar-refractivity contribution >= 4 is 21.5 Å². The van der Waals surface area contributed by atoms with Crippen LogP contribution in [0, 0.1) is 23.8 Å². The van der Waals surface area contributed by atoms with E-state index in [9.17, 15) is 8.78 Å². The molecule has 0 N–H and O–H groups in total. The van der Waals surface area contributed by atoms with Crippen molar-refractivity contribution in [2.24, 2.45) is 0 Å². The molecule has 3 rings (SSSR count). The summed E-state index contributed by atoms with van der Waals surface area (Å²) in [5, 5.41) is 3.18. The second-order valence-corrected chi connectivity index (χ2v) is 3.62. The van der Waals surface area contributed by atoms with Crippen molar-refractivity contribution in [2.45, 2.75) is 0 Å². The molecule has 0 saturated carbocycles. The van der Waals surface area contributed by atoms with Gasteiger partial charge in [0.1, 0.15) is 11.6 Å². The summed E-state index contributed by atoms with van der Waals surface area (Å²) in [5.74, 6) is -0.782. The first-order valence-electron chi connectivity index (χ1n) is 4.85. The molecule has 0 fully saturated rings. The number of fused-ring (bicyclic) bond motifs is 3. The Morgan fingerprint density at radius 3 is 2.62 bits per heavy atom. The van der Waals surface area contributed by atoms with Crippen LogP contribution in [0.4, 0.5) is 8.78 Å². The molecule has 16 heavy (non-hydrogen) atoms. The quantitative estimate of drug-likeness (QED) is 0.496. The van der Waals surface area contributed by atoms with E-state index in [1.165, 1.54) is 12.1 Å². The number of halogens is 2. The van der Waals surface area contributed by atoms with Gasteiger partial charge in [-0.2, -0.15) is 0 Å². The molecule has 2 radical (unpaired) electrons. The molecule has 0 amide bonds. The Morgan fingerprint density at radius 1 is 0.875 bits per heavy atom. The van der Waals surface area contributed by atoms with Gasteiger partial charge >= 0.3 is 0 Å². The fourth-order valence-electron chi connectivity index (χ4n) is 1.87. The summed E-state index contributed by atoms with van der Waals surface area (Å²) in [4.78, 5) is 0. The van der Waals surface area contributed by atoms with Gasteiger partial charge in [0.2, 0.25) is 0 Å². The normalized spacial score (nSPS) is 11.1. The molecule has 0 unspecified atom stereocenters. The lowest BCUT2D eigenvalue weighted by Crippen LogP contribution is -1.82. The molecule has 0 spiro atoms. The molecular formula is C14H6F2. The van der Waals surface area contributed by atoms with E-state index in [2.05, 4.69) is 12.1 Å². The second-order valence-electron chi connectivity index (χ2n) is 3.62. The van der Waals surface area contributed by atoms with Crippen molar-refractivity contribution in [3.63, 3.8) is 0 Å². The highest BCUT2D eigenvalue weighted by Gasteiger charge is 2.03. The van der Waals surface area contributed by atoms with Crippen molar-refractivity contribution in [1.82, 2.24) is 0 Å². The Kier molecular flexibility index (Phi) is 1.90. The molecule has 76 valence electrons. The lowest BCUT2D eigenvalue weighted by Gasteiger charge is -2.03. The molecular weight excluding hydrogens is 206 g/mol. The number of benzene rings is 3. The lowest BCUT2D eigenvalue weighted by molar-refractivity contribution is 0.626. The minimum atomic E-state index is -0.391. The van der Waals surface area contributed by atoms with Crippen LogP contribution in [0.3, 0.4) is 0 Å². The van der Waals surface area contributed by atoms with Gasteiger partial charge in [-0.1, -0.05) is 18.2 Å². The molecule has 0 heterocycles. The maximum absolute atomic E-state index is 13.0. The summed E-state index contributed by atoms with van der Waals surface area (Å²) >= 11 is 0. The molecule has 0 aliphatic heterocycles. The molecule has 0 nitrogen and oxygen atoms in total. The van der Waals surface area contributed by atoms with Crippen LogP contribution < -0.4 is 0 Å². The van der Waals surface area contributed by atoms with E-state index < -0.39 is 11.6 Å². The average Bonchev–Trinajstić information content (AvgIpc) is 2.28. The Balaban J connectivity index is 2.50. The summed E-state index contributed by atoms with van der Waals surface area (Å²) < 4.78 is 26.0. The fraction of sp³-hybridized carbons (Fsp3) is 0. The minimum absolute atomic E-state index is 0.391. The summed E-state index contributed by atoms with van der Waals surface area (Å²) in [6.45, 7) is 0. The predicted octanol–water partition coefficient (Wildman–Crippen LogP) is 3.87. The Morgan fingerprint density at radius 2 is 1.75 bits per heavy atom. The van der Waals surface area contributed by atoms with Crippen LogP contribution >= 0.6 is 0 Å². The van der Waals surface area contributed by atoms with Gasteiger partial charge in [-0.25, -0.2) is 8.78 Å². The van der Waals surface area contributed by atoms with Crippen molar-refractivity contribution in [3.05, 3.63) is 60.2 Å². The molecule has 2 heteroatoms. The first-order valence-corrected chi connectivity index (χ1v) is 4.85. The molecule has 0 atom stereocenters. The van der Waals surface area contributed by atoms with Crippen LogP contribution in [-0.4, -0.2) is 0 Å². The Labute approximate surface area is 91.1 Å². The molecule has 0 saturated heterocycles. The highest BCUT2D eigenvalue weighted by atomic mass is 19.1. The second kappa shape index (κ2) is 3.27. The van der Waals surface area contributed by atoms with Crippen LogP contribution in [0.1, 0.15) is 0 Å². The molecule has 0 aromatic heterocycles. The van der Waals surface area contributed by atoms with Crippen LogP contribution in [-0.2, 0) is 0 Å². The summed E-state index contributed by atoms with van der Waals surface area (Å²) in [7, 11) is 0. The van der Waals surface area contributed by atoms with Gasteiger partial charge in [0.15, 0.2) is 0 Å². The van der Waals surface area contributed by atoms with E-state index in [0.717, 1.165) is 16.2 Å². The summed E-state index contributed by atoms with van der Waals surface area (Å²) in [6.07, 6.45) is 0. The van der Waals surface area contributed by atoms with Crippen LogP contribution in [0.15, 0.2) is 36.4 Å².